The Bertz CT molecular complexity index is 744. The zero-order valence-electron chi connectivity index (χ0n) is 17.3. The summed E-state index contributed by atoms with van der Waals surface area (Å²) in [6.07, 6.45) is 11.1. The molecular formula is C22H31N3O3. The van der Waals surface area contributed by atoms with E-state index in [0.717, 1.165) is 37.4 Å². The van der Waals surface area contributed by atoms with Crippen LogP contribution in [0.4, 0.5) is 4.79 Å². The van der Waals surface area contributed by atoms with Crippen LogP contribution in [0, 0.1) is 11.8 Å². The third-order valence-corrected chi connectivity index (χ3v) is 5.19. The first kappa shape index (κ1) is 20.2. The van der Waals surface area contributed by atoms with Crippen molar-refractivity contribution in [2.45, 2.75) is 52.2 Å². The molecule has 152 valence electrons. The Kier molecular flexibility index (Phi) is 5.96. The van der Waals surface area contributed by atoms with E-state index in [2.05, 4.69) is 11.7 Å². The number of ether oxygens (including phenoxy) is 2. The summed E-state index contributed by atoms with van der Waals surface area (Å²) in [5.41, 5.74) is 0.414. The number of hydrogen-bond donors (Lipinski definition) is 0. The topological polar surface area (TPSA) is 56.6 Å². The molecule has 1 aliphatic heterocycles. The van der Waals surface area contributed by atoms with Gasteiger partial charge < -0.3 is 14.4 Å². The molecule has 1 aromatic rings. The average Bonchev–Trinajstić information content (AvgIpc) is 3.32. The Labute approximate surface area is 167 Å². The minimum atomic E-state index is -0.457. The Morgan fingerprint density at radius 3 is 2.43 bits per heavy atom. The molecule has 1 amide bonds. The molecular weight excluding hydrogens is 354 g/mol. The molecule has 1 unspecified atom stereocenters. The Morgan fingerprint density at radius 1 is 1.25 bits per heavy atom. The standard InChI is InChI=1S/C22H31N3O3/c1-6-9-19(25-11-8-10-23-25)20(7-2)27-18-12-16-14-24(15-17(16)13-18)21(26)28-22(3,4)5/h6-11,16-18H,1,12-15H2,2-5H3/b19-9+,20-7+/t16-,17+,18?. The molecule has 6 heteroatoms. The fourth-order valence-electron chi connectivity index (χ4n) is 4.07. The number of carbonyl (C=O) groups is 1. The number of fused-ring (bicyclic) bond motifs is 1. The second-order valence-electron chi connectivity index (χ2n) is 8.51. The SMILES string of the molecule is C=C/C=C(\C(=C/C)OC1C[C@@H]2CN(C(=O)OC(C)(C)C)C[C@@H]2C1)n1cccn1. The number of allylic oxidation sites excluding steroid dienone is 4. The van der Waals surface area contributed by atoms with Crippen LogP contribution in [0.1, 0.15) is 40.5 Å². The lowest BCUT2D eigenvalue weighted by molar-refractivity contribution is 0.0265. The van der Waals surface area contributed by atoms with Crippen LogP contribution in [0.3, 0.4) is 0 Å². The highest BCUT2D eigenvalue weighted by Crippen LogP contribution is 2.41. The van der Waals surface area contributed by atoms with Gasteiger partial charge in [-0.05, 0) is 70.6 Å². The first-order valence-corrected chi connectivity index (χ1v) is 9.94. The Hall–Kier alpha value is -2.50. The normalized spacial score (nSPS) is 25.6. The van der Waals surface area contributed by atoms with E-state index in [-0.39, 0.29) is 12.2 Å². The van der Waals surface area contributed by atoms with Gasteiger partial charge in [0.15, 0.2) is 0 Å². The maximum Gasteiger partial charge on any atom is 0.410 e. The molecule has 0 bridgehead atoms. The number of rotatable bonds is 5. The van der Waals surface area contributed by atoms with Crippen LogP contribution in [-0.2, 0) is 9.47 Å². The average molecular weight is 386 g/mol. The van der Waals surface area contributed by atoms with Crippen LogP contribution in [-0.4, -0.2) is 45.6 Å². The number of likely N-dealkylation sites (tertiary alicyclic amines) is 1. The summed E-state index contributed by atoms with van der Waals surface area (Å²) >= 11 is 0. The van der Waals surface area contributed by atoms with E-state index >= 15 is 0 Å². The number of amides is 1. The Morgan fingerprint density at radius 2 is 1.93 bits per heavy atom. The zero-order chi connectivity index (χ0) is 20.3. The summed E-state index contributed by atoms with van der Waals surface area (Å²) in [6.45, 7) is 13.0. The van der Waals surface area contributed by atoms with Crippen molar-refractivity contribution in [3.63, 3.8) is 0 Å². The summed E-state index contributed by atoms with van der Waals surface area (Å²) in [6, 6.07) is 1.88. The molecule has 0 radical (unpaired) electrons. The summed E-state index contributed by atoms with van der Waals surface area (Å²) in [5.74, 6) is 1.73. The van der Waals surface area contributed by atoms with Gasteiger partial charge in [-0.15, -0.1) is 0 Å². The number of nitrogens with zero attached hydrogens (tertiary/aromatic N) is 3. The fourth-order valence-corrected chi connectivity index (χ4v) is 4.07. The Balaban J connectivity index is 1.59. The van der Waals surface area contributed by atoms with Gasteiger partial charge in [-0.1, -0.05) is 12.7 Å². The van der Waals surface area contributed by atoms with Crippen LogP contribution in [0.15, 0.2) is 49.0 Å². The van der Waals surface area contributed by atoms with E-state index in [1.165, 1.54) is 0 Å². The lowest BCUT2D eigenvalue weighted by atomic mass is 10.0. The summed E-state index contributed by atoms with van der Waals surface area (Å²) in [7, 11) is 0. The van der Waals surface area contributed by atoms with Crippen LogP contribution < -0.4 is 0 Å². The molecule has 1 aliphatic carbocycles. The van der Waals surface area contributed by atoms with Crippen LogP contribution in [0.25, 0.3) is 5.70 Å². The first-order chi connectivity index (χ1) is 13.3. The maximum absolute atomic E-state index is 12.3. The molecule has 1 aromatic heterocycles. The smallest absolute Gasteiger partial charge is 0.410 e. The van der Waals surface area contributed by atoms with Gasteiger partial charge in [0, 0.05) is 25.5 Å². The van der Waals surface area contributed by atoms with Gasteiger partial charge in [-0.3, -0.25) is 0 Å². The van der Waals surface area contributed by atoms with Crippen molar-refractivity contribution in [1.29, 1.82) is 0 Å². The van der Waals surface area contributed by atoms with Crippen molar-refractivity contribution in [3.05, 3.63) is 49.0 Å². The van der Waals surface area contributed by atoms with E-state index in [4.69, 9.17) is 9.47 Å². The van der Waals surface area contributed by atoms with Gasteiger partial charge in [0.05, 0.1) is 6.10 Å². The molecule has 1 saturated heterocycles. The van der Waals surface area contributed by atoms with Crippen LogP contribution in [0.5, 0.6) is 0 Å². The molecule has 6 nitrogen and oxygen atoms in total. The van der Waals surface area contributed by atoms with Crippen LogP contribution in [0.2, 0.25) is 0 Å². The lowest BCUT2D eigenvalue weighted by Crippen LogP contribution is -2.36. The monoisotopic (exact) mass is 385 g/mol. The van der Waals surface area contributed by atoms with E-state index < -0.39 is 5.60 Å². The van der Waals surface area contributed by atoms with Crippen molar-refractivity contribution in [2.75, 3.05) is 13.1 Å². The largest absolute Gasteiger partial charge is 0.488 e. The van der Waals surface area contributed by atoms with Crippen molar-refractivity contribution in [3.8, 4) is 0 Å². The van der Waals surface area contributed by atoms with Crippen molar-refractivity contribution in [1.82, 2.24) is 14.7 Å². The number of aromatic nitrogens is 2. The minimum Gasteiger partial charge on any atom is -0.488 e. The fraction of sp³-hybridized carbons (Fsp3) is 0.545. The molecule has 0 spiro atoms. The molecule has 28 heavy (non-hydrogen) atoms. The minimum absolute atomic E-state index is 0.144. The van der Waals surface area contributed by atoms with Gasteiger partial charge in [-0.2, -0.15) is 5.10 Å². The van der Waals surface area contributed by atoms with Gasteiger partial charge in [-0.25, -0.2) is 9.48 Å². The predicted molar refractivity (Wildman–Crippen MR) is 109 cm³/mol. The van der Waals surface area contributed by atoms with Crippen LogP contribution >= 0.6 is 0 Å². The molecule has 2 heterocycles. The highest BCUT2D eigenvalue weighted by Gasteiger charge is 2.44. The third kappa shape index (κ3) is 4.66. The molecule has 1 saturated carbocycles. The molecule has 2 aliphatic rings. The molecule has 0 aromatic carbocycles. The number of hydrogen-bond acceptors (Lipinski definition) is 4. The second-order valence-corrected chi connectivity index (χ2v) is 8.51. The van der Waals surface area contributed by atoms with E-state index in [1.807, 2.05) is 57.0 Å². The van der Waals surface area contributed by atoms with Gasteiger partial charge in [0.2, 0.25) is 0 Å². The van der Waals surface area contributed by atoms with E-state index in [9.17, 15) is 4.79 Å². The molecule has 0 N–H and O–H groups in total. The predicted octanol–water partition coefficient (Wildman–Crippen LogP) is 4.48. The zero-order valence-corrected chi connectivity index (χ0v) is 17.3. The highest BCUT2D eigenvalue weighted by molar-refractivity contribution is 5.68. The lowest BCUT2D eigenvalue weighted by Gasteiger charge is -2.25. The van der Waals surface area contributed by atoms with E-state index in [0.29, 0.717) is 11.8 Å². The molecule has 3 rings (SSSR count). The van der Waals surface area contributed by atoms with Crippen molar-refractivity contribution < 1.29 is 14.3 Å². The first-order valence-electron chi connectivity index (χ1n) is 9.94. The third-order valence-electron chi connectivity index (χ3n) is 5.19. The quantitative estimate of drug-likeness (QED) is 0.554. The number of carbonyl (C=O) groups excluding carboxylic acids is 1. The highest BCUT2D eigenvalue weighted by atomic mass is 16.6. The summed E-state index contributed by atoms with van der Waals surface area (Å²) < 4.78 is 13.7. The van der Waals surface area contributed by atoms with E-state index in [1.54, 1.807) is 17.0 Å². The molecule has 3 atom stereocenters. The second kappa shape index (κ2) is 8.25. The molecule has 2 fully saturated rings. The summed E-state index contributed by atoms with van der Waals surface area (Å²) in [4.78, 5) is 14.2. The maximum atomic E-state index is 12.3. The van der Waals surface area contributed by atoms with Gasteiger partial charge in [0.25, 0.3) is 0 Å². The van der Waals surface area contributed by atoms with Crippen molar-refractivity contribution in [2.24, 2.45) is 11.8 Å². The van der Waals surface area contributed by atoms with Gasteiger partial charge >= 0.3 is 6.09 Å². The van der Waals surface area contributed by atoms with Gasteiger partial charge in [0.1, 0.15) is 17.1 Å². The van der Waals surface area contributed by atoms with Crippen molar-refractivity contribution >= 4 is 11.8 Å². The summed E-state index contributed by atoms with van der Waals surface area (Å²) in [5, 5.41) is 4.32.